The highest BCUT2D eigenvalue weighted by Gasteiger charge is 2.39. The van der Waals surface area contributed by atoms with Crippen molar-refractivity contribution in [3.63, 3.8) is 0 Å². The maximum atomic E-state index is 13.3. The Balaban J connectivity index is 1.10. The second-order valence-electron chi connectivity index (χ2n) is 12.1. The summed E-state index contributed by atoms with van der Waals surface area (Å²) in [6.07, 6.45) is 6.89. The fourth-order valence-electron chi connectivity index (χ4n) is 6.25. The van der Waals surface area contributed by atoms with Crippen molar-refractivity contribution in [3.05, 3.63) is 131 Å². The maximum Gasteiger partial charge on any atom is 0.326 e. The molecule has 5 rings (SSSR count). The van der Waals surface area contributed by atoms with Gasteiger partial charge in [0.15, 0.2) is 5.78 Å². The highest BCUT2D eigenvalue weighted by molar-refractivity contribution is 6.12. The van der Waals surface area contributed by atoms with E-state index in [1.807, 2.05) is 48.5 Å². The molecule has 238 valence electrons. The molecule has 1 amide bonds. The molecule has 46 heavy (non-hydrogen) atoms. The van der Waals surface area contributed by atoms with Crippen LogP contribution in [0.4, 0.5) is 5.69 Å². The lowest BCUT2D eigenvalue weighted by atomic mass is 9.69. The van der Waals surface area contributed by atoms with E-state index in [4.69, 9.17) is 4.74 Å². The van der Waals surface area contributed by atoms with E-state index < -0.39 is 12.0 Å². The van der Waals surface area contributed by atoms with Crippen LogP contribution in [0.2, 0.25) is 0 Å². The number of anilines is 1. The zero-order chi connectivity index (χ0) is 32.2. The van der Waals surface area contributed by atoms with Crippen molar-refractivity contribution in [3.8, 4) is 5.75 Å². The molecule has 0 aromatic heterocycles. The third kappa shape index (κ3) is 8.62. The topological polar surface area (TPSA) is 105 Å². The zero-order valence-electron chi connectivity index (χ0n) is 26.1. The van der Waals surface area contributed by atoms with Gasteiger partial charge in [0.2, 0.25) is 5.91 Å². The number of hydrogen-bond donors (Lipinski definition) is 3. The molecule has 1 atom stereocenters. The molecule has 0 radical (unpaired) electrons. The lowest BCUT2D eigenvalue weighted by Gasteiger charge is -2.36. The molecule has 1 aliphatic rings. The van der Waals surface area contributed by atoms with Crippen LogP contribution in [0.1, 0.15) is 65.6 Å². The van der Waals surface area contributed by atoms with E-state index in [-0.39, 0.29) is 23.5 Å². The summed E-state index contributed by atoms with van der Waals surface area (Å²) in [6.45, 7) is 1.00. The third-order valence-corrected chi connectivity index (χ3v) is 8.75. The van der Waals surface area contributed by atoms with Crippen LogP contribution < -0.4 is 15.4 Å². The smallest absolute Gasteiger partial charge is 0.326 e. The Labute approximate surface area is 271 Å². The highest BCUT2D eigenvalue weighted by Crippen LogP contribution is 2.39. The number of para-hydroxylation sites is 1. The molecule has 1 aliphatic carbocycles. The first kappa shape index (κ1) is 32.5. The van der Waals surface area contributed by atoms with Gasteiger partial charge in [0.1, 0.15) is 11.8 Å². The van der Waals surface area contributed by atoms with E-state index in [1.54, 1.807) is 48.5 Å². The number of ketones is 1. The second-order valence-corrected chi connectivity index (χ2v) is 12.1. The fourth-order valence-corrected chi connectivity index (χ4v) is 6.25. The summed E-state index contributed by atoms with van der Waals surface area (Å²) in [7, 11) is 0. The van der Waals surface area contributed by atoms with Crippen LogP contribution in [0.5, 0.6) is 5.75 Å². The zero-order valence-corrected chi connectivity index (χ0v) is 26.1. The number of carbonyl (C=O) groups excluding carboxylic acids is 2. The molecule has 0 spiro atoms. The van der Waals surface area contributed by atoms with Crippen molar-refractivity contribution in [2.75, 3.05) is 18.5 Å². The number of amides is 1. The lowest BCUT2D eigenvalue weighted by Crippen LogP contribution is -2.44. The van der Waals surface area contributed by atoms with E-state index in [0.29, 0.717) is 42.1 Å². The first-order chi connectivity index (χ1) is 22.4. The predicted molar refractivity (Wildman–Crippen MR) is 180 cm³/mol. The molecule has 1 saturated carbocycles. The van der Waals surface area contributed by atoms with Crippen LogP contribution in [0.25, 0.3) is 0 Å². The van der Waals surface area contributed by atoms with Gasteiger partial charge in [-0.1, -0.05) is 104 Å². The molecule has 3 N–H and O–H groups in total. The molecular formula is C39H42N2O5. The van der Waals surface area contributed by atoms with Gasteiger partial charge in [-0.3, -0.25) is 9.59 Å². The molecule has 4 aromatic carbocycles. The number of rotatable bonds is 15. The first-order valence-electron chi connectivity index (χ1n) is 16.2. The molecule has 7 nitrogen and oxygen atoms in total. The Bertz CT molecular complexity index is 1580. The van der Waals surface area contributed by atoms with Gasteiger partial charge in [0.05, 0.1) is 12.0 Å². The third-order valence-electron chi connectivity index (χ3n) is 8.75. The summed E-state index contributed by atoms with van der Waals surface area (Å²) >= 11 is 0. The summed E-state index contributed by atoms with van der Waals surface area (Å²) in [5.41, 5.74) is 3.13. The normalized spacial score (nSPS) is 14.5. The van der Waals surface area contributed by atoms with Gasteiger partial charge in [-0.25, -0.2) is 4.79 Å². The van der Waals surface area contributed by atoms with Crippen molar-refractivity contribution < 1.29 is 24.2 Å². The molecule has 4 aromatic rings. The van der Waals surface area contributed by atoms with Gasteiger partial charge in [-0.15, -0.1) is 0 Å². The standard InChI is InChI=1S/C39H42N2O5/c42-36(31-15-6-2-7-16-31)33-17-8-9-18-34(33)41-35(37(43)44)27-29-19-21-32(22-20-29)46-26-12-25-40-38(45)39(23-10-3-11-24-39)28-30-13-4-1-5-14-30/h1-2,4-9,13-22,35,41H,3,10-12,23-28H2,(H,40,45)(H,43,44). The number of ether oxygens (including phenoxy) is 1. The summed E-state index contributed by atoms with van der Waals surface area (Å²) < 4.78 is 5.92. The van der Waals surface area contributed by atoms with Crippen LogP contribution in [0, 0.1) is 5.41 Å². The van der Waals surface area contributed by atoms with Crippen LogP contribution >= 0.6 is 0 Å². The molecule has 1 unspecified atom stereocenters. The minimum Gasteiger partial charge on any atom is -0.494 e. The van der Waals surface area contributed by atoms with Crippen molar-refractivity contribution in [1.82, 2.24) is 5.32 Å². The largest absolute Gasteiger partial charge is 0.494 e. The summed E-state index contributed by atoms with van der Waals surface area (Å²) in [5, 5.41) is 16.2. The number of carboxylic acid groups (broad SMARTS) is 1. The number of hydrogen-bond acceptors (Lipinski definition) is 5. The van der Waals surface area contributed by atoms with Gasteiger partial charge in [0, 0.05) is 29.8 Å². The van der Waals surface area contributed by atoms with Crippen LogP contribution in [-0.2, 0) is 22.4 Å². The number of nitrogens with one attached hydrogen (secondary N) is 2. The van der Waals surface area contributed by atoms with Gasteiger partial charge >= 0.3 is 5.97 Å². The van der Waals surface area contributed by atoms with E-state index in [2.05, 4.69) is 22.8 Å². The maximum absolute atomic E-state index is 13.3. The van der Waals surface area contributed by atoms with Gasteiger partial charge < -0.3 is 20.5 Å². The Morgan fingerprint density at radius 3 is 2.11 bits per heavy atom. The van der Waals surface area contributed by atoms with E-state index in [1.165, 1.54) is 12.0 Å². The Morgan fingerprint density at radius 1 is 0.761 bits per heavy atom. The Hall–Kier alpha value is -4.91. The van der Waals surface area contributed by atoms with Crippen LogP contribution in [0.3, 0.4) is 0 Å². The monoisotopic (exact) mass is 618 g/mol. The molecule has 1 fully saturated rings. The lowest BCUT2D eigenvalue weighted by molar-refractivity contribution is -0.138. The quantitative estimate of drug-likeness (QED) is 0.0970. The van der Waals surface area contributed by atoms with Gasteiger partial charge in [-0.05, 0) is 61.1 Å². The SMILES string of the molecule is O=C(c1ccccc1)c1ccccc1NC(Cc1ccc(OCCCNC(=O)C2(Cc3ccccc3)CCCCC2)cc1)C(=O)O. The molecule has 0 heterocycles. The highest BCUT2D eigenvalue weighted by atomic mass is 16.5. The minimum absolute atomic E-state index is 0.147. The summed E-state index contributed by atoms with van der Waals surface area (Å²) in [4.78, 5) is 38.6. The first-order valence-corrected chi connectivity index (χ1v) is 16.2. The van der Waals surface area contributed by atoms with Crippen molar-refractivity contribution in [2.24, 2.45) is 5.41 Å². The number of carboxylic acids is 1. The minimum atomic E-state index is -1.01. The Morgan fingerprint density at radius 2 is 1.41 bits per heavy atom. The van der Waals surface area contributed by atoms with E-state index in [0.717, 1.165) is 37.7 Å². The average molecular weight is 619 g/mol. The van der Waals surface area contributed by atoms with Crippen molar-refractivity contribution in [1.29, 1.82) is 0 Å². The van der Waals surface area contributed by atoms with Gasteiger partial charge in [0.25, 0.3) is 0 Å². The molecule has 7 heteroatoms. The van der Waals surface area contributed by atoms with Gasteiger partial charge in [-0.2, -0.15) is 0 Å². The molecule has 0 bridgehead atoms. The Kier molecular flexibility index (Phi) is 11.2. The predicted octanol–water partition coefficient (Wildman–Crippen LogP) is 7.10. The number of carbonyl (C=O) groups is 3. The molecule has 0 saturated heterocycles. The van der Waals surface area contributed by atoms with Crippen molar-refractivity contribution in [2.45, 2.75) is 57.4 Å². The summed E-state index contributed by atoms with van der Waals surface area (Å²) in [6, 6.07) is 32.6. The average Bonchev–Trinajstić information content (AvgIpc) is 3.09. The summed E-state index contributed by atoms with van der Waals surface area (Å²) in [5.74, 6) is -0.353. The van der Waals surface area contributed by atoms with Crippen LogP contribution in [-0.4, -0.2) is 42.0 Å². The van der Waals surface area contributed by atoms with Crippen LogP contribution in [0.15, 0.2) is 109 Å². The number of benzene rings is 4. The second kappa shape index (κ2) is 15.9. The number of aliphatic carboxylic acids is 1. The van der Waals surface area contributed by atoms with E-state index in [9.17, 15) is 19.5 Å². The fraction of sp³-hybridized carbons (Fsp3) is 0.308. The molecular weight excluding hydrogens is 576 g/mol. The molecule has 0 aliphatic heterocycles. The van der Waals surface area contributed by atoms with E-state index >= 15 is 0 Å². The van der Waals surface area contributed by atoms with Crippen molar-refractivity contribution >= 4 is 23.3 Å².